The number of aromatic carboxylic acids is 1. The van der Waals surface area contributed by atoms with Crippen molar-refractivity contribution < 1.29 is 14.7 Å². The summed E-state index contributed by atoms with van der Waals surface area (Å²) in [5.74, 6) is -1.75. The molecule has 2 aromatic rings. The molecule has 0 fully saturated rings. The summed E-state index contributed by atoms with van der Waals surface area (Å²) < 4.78 is 1.04. The maximum Gasteiger partial charge on any atom is 0.356 e. The number of hydrogen-bond donors (Lipinski definition) is 2. The number of nitrogens with two attached hydrogens (primary N) is 1. The van der Waals surface area contributed by atoms with E-state index in [9.17, 15) is 14.4 Å². The number of carboxylic acids is 1. The van der Waals surface area contributed by atoms with Gasteiger partial charge in [0, 0.05) is 11.6 Å². The molecular weight excluding hydrogens is 262 g/mol. The molecular formula is C13H11N3O4. The Labute approximate surface area is 113 Å². The van der Waals surface area contributed by atoms with Gasteiger partial charge in [-0.3, -0.25) is 9.59 Å². The molecule has 0 unspecified atom stereocenters. The molecule has 0 saturated carbocycles. The lowest BCUT2D eigenvalue weighted by atomic mass is 10.1. The number of primary amides is 1. The van der Waals surface area contributed by atoms with Crippen LogP contribution in [0.4, 0.5) is 0 Å². The number of carbonyl (C=O) groups is 2. The van der Waals surface area contributed by atoms with E-state index >= 15 is 0 Å². The summed E-state index contributed by atoms with van der Waals surface area (Å²) in [6, 6.07) is 8.61. The van der Waals surface area contributed by atoms with Crippen molar-refractivity contribution in [3.8, 4) is 0 Å². The van der Waals surface area contributed by atoms with Gasteiger partial charge < -0.3 is 10.8 Å². The van der Waals surface area contributed by atoms with Gasteiger partial charge in [0.2, 0.25) is 5.91 Å². The van der Waals surface area contributed by atoms with Crippen LogP contribution in [0.1, 0.15) is 26.4 Å². The Kier molecular flexibility index (Phi) is 3.60. The van der Waals surface area contributed by atoms with E-state index in [1.807, 2.05) is 0 Å². The van der Waals surface area contributed by atoms with E-state index in [0.29, 0.717) is 11.1 Å². The van der Waals surface area contributed by atoms with Crippen molar-refractivity contribution in [1.82, 2.24) is 9.78 Å². The predicted molar refractivity (Wildman–Crippen MR) is 69.5 cm³/mol. The Morgan fingerprint density at radius 2 is 1.80 bits per heavy atom. The zero-order valence-electron chi connectivity index (χ0n) is 10.3. The normalized spacial score (nSPS) is 10.2. The topological polar surface area (TPSA) is 115 Å². The monoisotopic (exact) mass is 273 g/mol. The predicted octanol–water partition coefficient (Wildman–Crippen LogP) is 0.0887. The molecule has 0 atom stereocenters. The Morgan fingerprint density at radius 1 is 1.15 bits per heavy atom. The Hall–Kier alpha value is -2.96. The third-order valence-electron chi connectivity index (χ3n) is 2.66. The fourth-order valence-electron chi connectivity index (χ4n) is 1.62. The highest BCUT2D eigenvalue weighted by molar-refractivity contribution is 5.92. The summed E-state index contributed by atoms with van der Waals surface area (Å²) in [7, 11) is 0. The smallest absolute Gasteiger partial charge is 0.356 e. The van der Waals surface area contributed by atoms with Gasteiger partial charge >= 0.3 is 5.97 Å². The Morgan fingerprint density at radius 3 is 2.35 bits per heavy atom. The lowest BCUT2D eigenvalue weighted by Crippen LogP contribution is -2.24. The number of nitrogens with zero attached hydrogens (tertiary/aromatic N) is 2. The summed E-state index contributed by atoms with van der Waals surface area (Å²) in [4.78, 5) is 33.3. The summed E-state index contributed by atoms with van der Waals surface area (Å²) >= 11 is 0. The van der Waals surface area contributed by atoms with E-state index in [4.69, 9.17) is 10.8 Å². The molecule has 1 heterocycles. The molecule has 1 aromatic heterocycles. The third kappa shape index (κ3) is 2.89. The fraction of sp³-hybridized carbons (Fsp3) is 0.0769. The Balaban J connectivity index is 2.29. The number of carbonyl (C=O) groups excluding carboxylic acids is 1. The standard InChI is InChI=1S/C13H11N3O4/c14-12(18)9-3-1-8(2-4-9)7-16-11(17)6-5-10(15-16)13(19)20/h1-6H,7H2,(H2,14,18)(H,19,20). The highest BCUT2D eigenvalue weighted by Gasteiger charge is 2.08. The lowest BCUT2D eigenvalue weighted by Gasteiger charge is -2.05. The maximum atomic E-state index is 11.6. The molecule has 3 N–H and O–H groups in total. The second kappa shape index (κ2) is 5.35. The molecule has 1 aromatic carbocycles. The molecule has 0 aliphatic heterocycles. The van der Waals surface area contributed by atoms with Gasteiger partial charge in [-0.15, -0.1) is 0 Å². The van der Waals surface area contributed by atoms with Crippen molar-refractivity contribution in [2.24, 2.45) is 5.73 Å². The van der Waals surface area contributed by atoms with E-state index in [1.54, 1.807) is 12.1 Å². The lowest BCUT2D eigenvalue weighted by molar-refractivity contribution is 0.0687. The fourth-order valence-corrected chi connectivity index (χ4v) is 1.62. The highest BCUT2D eigenvalue weighted by atomic mass is 16.4. The van der Waals surface area contributed by atoms with Crippen LogP contribution in [0, 0.1) is 0 Å². The SMILES string of the molecule is NC(=O)c1ccc(Cn2nc(C(=O)O)ccc2=O)cc1. The molecule has 0 spiro atoms. The minimum Gasteiger partial charge on any atom is -0.476 e. The van der Waals surface area contributed by atoms with Gasteiger partial charge in [-0.2, -0.15) is 5.10 Å². The van der Waals surface area contributed by atoms with Crippen LogP contribution in [0.25, 0.3) is 0 Å². The summed E-state index contributed by atoms with van der Waals surface area (Å²) in [5.41, 5.74) is 5.56. The van der Waals surface area contributed by atoms with Gasteiger partial charge in [-0.1, -0.05) is 12.1 Å². The van der Waals surface area contributed by atoms with Crippen molar-refractivity contribution in [3.05, 3.63) is 63.6 Å². The molecule has 20 heavy (non-hydrogen) atoms. The minimum atomic E-state index is -1.21. The van der Waals surface area contributed by atoms with Crippen LogP contribution in [-0.4, -0.2) is 26.8 Å². The van der Waals surface area contributed by atoms with E-state index in [0.717, 1.165) is 16.8 Å². The number of rotatable bonds is 4. The van der Waals surface area contributed by atoms with Crippen molar-refractivity contribution in [2.75, 3.05) is 0 Å². The van der Waals surface area contributed by atoms with Crippen molar-refractivity contribution >= 4 is 11.9 Å². The average Bonchev–Trinajstić information content (AvgIpc) is 2.41. The highest BCUT2D eigenvalue weighted by Crippen LogP contribution is 2.05. The van der Waals surface area contributed by atoms with Crippen molar-refractivity contribution in [1.29, 1.82) is 0 Å². The first-order valence-corrected chi connectivity index (χ1v) is 5.67. The van der Waals surface area contributed by atoms with Crippen LogP contribution < -0.4 is 11.3 Å². The molecule has 0 radical (unpaired) electrons. The molecule has 1 amide bonds. The molecule has 7 heteroatoms. The summed E-state index contributed by atoms with van der Waals surface area (Å²) in [6.45, 7) is 0.110. The van der Waals surface area contributed by atoms with E-state index < -0.39 is 17.4 Å². The van der Waals surface area contributed by atoms with Crippen LogP contribution in [0.5, 0.6) is 0 Å². The second-order valence-corrected chi connectivity index (χ2v) is 4.08. The van der Waals surface area contributed by atoms with Crippen LogP contribution in [0.3, 0.4) is 0 Å². The van der Waals surface area contributed by atoms with Gasteiger partial charge in [-0.25, -0.2) is 9.48 Å². The number of carboxylic acid groups (broad SMARTS) is 1. The number of benzene rings is 1. The van der Waals surface area contributed by atoms with Gasteiger partial charge in [-0.05, 0) is 23.8 Å². The van der Waals surface area contributed by atoms with Crippen LogP contribution >= 0.6 is 0 Å². The van der Waals surface area contributed by atoms with Crippen LogP contribution in [0.2, 0.25) is 0 Å². The zero-order chi connectivity index (χ0) is 14.7. The molecule has 102 valence electrons. The number of amides is 1. The molecule has 2 rings (SSSR count). The van der Waals surface area contributed by atoms with Crippen molar-refractivity contribution in [3.63, 3.8) is 0 Å². The van der Waals surface area contributed by atoms with E-state index in [-0.39, 0.29) is 12.2 Å². The number of aromatic nitrogens is 2. The molecule has 0 aliphatic carbocycles. The Bertz CT molecular complexity index is 719. The quantitative estimate of drug-likeness (QED) is 0.819. The number of hydrogen-bond acceptors (Lipinski definition) is 4. The summed E-state index contributed by atoms with van der Waals surface area (Å²) in [5, 5.41) is 12.6. The first kappa shape index (κ1) is 13.5. The van der Waals surface area contributed by atoms with Crippen LogP contribution in [0.15, 0.2) is 41.2 Å². The minimum absolute atomic E-state index is 0.110. The average molecular weight is 273 g/mol. The van der Waals surface area contributed by atoms with Crippen molar-refractivity contribution in [2.45, 2.75) is 6.54 Å². The summed E-state index contributed by atoms with van der Waals surface area (Å²) in [6.07, 6.45) is 0. The van der Waals surface area contributed by atoms with Gasteiger partial charge in [0.1, 0.15) is 0 Å². The molecule has 0 saturated heterocycles. The van der Waals surface area contributed by atoms with Crippen LogP contribution in [-0.2, 0) is 6.54 Å². The molecule has 7 nitrogen and oxygen atoms in total. The van der Waals surface area contributed by atoms with Gasteiger partial charge in [0.15, 0.2) is 5.69 Å². The third-order valence-corrected chi connectivity index (χ3v) is 2.66. The first-order valence-electron chi connectivity index (χ1n) is 5.67. The maximum absolute atomic E-state index is 11.6. The van der Waals surface area contributed by atoms with E-state index in [2.05, 4.69) is 5.10 Å². The molecule has 0 aliphatic rings. The largest absolute Gasteiger partial charge is 0.476 e. The second-order valence-electron chi connectivity index (χ2n) is 4.08. The van der Waals surface area contributed by atoms with Gasteiger partial charge in [0.25, 0.3) is 5.56 Å². The zero-order valence-corrected chi connectivity index (χ0v) is 10.3. The van der Waals surface area contributed by atoms with Gasteiger partial charge in [0.05, 0.1) is 6.54 Å². The molecule has 0 bridgehead atoms. The van der Waals surface area contributed by atoms with E-state index in [1.165, 1.54) is 12.1 Å². The first-order chi connectivity index (χ1) is 9.47.